The number of H-pyrrole nitrogens is 1. The lowest BCUT2D eigenvalue weighted by Gasteiger charge is -2.03. The van der Waals surface area contributed by atoms with Crippen molar-refractivity contribution < 1.29 is 5.21 Å². The van der Waals surface area contributed by atoms with Crippen molar-refractivity contribution in [2.24, 2.45) is 5.16 Å². The van der Waals surface area contributed by atoms with Gasteiger partial charge in [-0.15, -0.1) is 0 Å². The molecule has 2 heterocycles. The Morgan fingerprint density at radius 3 is 3.00 bits per heavy atom. The van der Waals surface area contributed by atoms with E-state index in [1.165, 1.54) is 6.20 Å². The minimum Gasteiger partial charge on any atom is -0.410 e. The molecule has 98 valence electrons. The molecule has 20 heavy (non-hydrogen) atoms. The van der Waals surface area contributed by atoms with Crippen LogP contribution in [0, 0.1) is 0 Å². The maximum absolute atomic E-state index is 12.0. The Morgan fingerprint density at radius 1 is 1.35 bits per heavy atom. The smallest absolute Gasteiger partial charge is 0.292 e. The Kier molecular flexibility index (Phi) is 2.08. The average Bonchev–Trinajstić information content (AvgIpc) is 3.01. The van der Waals surface area contributed by atoms with Gasteiger partial charge < -0.3 is 10.2 Å². The molecule has 2 N–H and O–H groups in total. The summed E-state index contributed by atoms with van der Waals surface area (Å²) in [6.07, 6.45) is 3.18. The van der Waals surface area contributed by atoms with Gasteiger partial charge in [0.05, 0.1) is 5.69 Å². The summed E-state index contributed by atoms with van der Waals surface area (Å²) >= 11 is 6.00. The van der Waals surface area contributed by atoms with Crippen molar-refractivity contribution in [3.8, 4) is 11.3 Å². The predicted molar refractivity (Wildman–Crippen MR) is 73.7 cm³/mol. The van der Waals surface area contributed by atoms with Crippen LogP contribution in [-0.4, -0.2) is 25.3 Å². The number of hydrogen-bond donors (Lipinski definition) is 2. The topological polar surface area (TPSA) is 82.8 Å². The number of halogens is 1. The summed E-state index contributed by atoms with van der Waals surface area (Å²) in [6.45, 7) is 0. The zero-order chi connectivity index (χ0) is 13.9. The van der Waals surface area contributed by atoms with Gasteiger partial charge in [0, 0.05) is 28.5 Å². The molecule has 0 amide bonds. The molecule has 0 fully saturated rings. The van der Waals surface area contributed by atoms with Crippen molar-refractivity contribution in [1.82, 2.24) is 14.4 Å². The number of rotatable bonds is 0. The van der Waals surface area contributed by atoms with E-state index in [4.69, 9.17) is 11.6 Å². The van der Waals surface area contributed by atoms with Crippen molar-refractivity contribution in [1.29, 1.82) is 0 Å². The number of nitrogens with one attached hydrogen (secondary N) is 1. The summed E-state index contributed by atoms with van der Waals surface area (Å²) in [5, 5.41) is 13.2. The number of aromatic amines is 1. The van der Waals surface area contributed by atoms with E-state index in [2.05, 4.69) is 15.1 Å². The summed E-state index contributed by atoms with van der Waals surface area (Å²) in [5.74, 6) is 0. The van der Waals surface area contributed by atoms with Gasteiger partial charge in [-0.1, -0.05) is 22.8 Å². The first-order valence-corrected chi connectivity index (χ1v) is 6.20. The number of nitrogens with zero attached hydrogens (tertiary/aromatic N) is 3. The molecule has 1 aliphatic rings. The first-order chi connectivity index (χ1) is 9.70. The van der Waals surface area contributed by atoms with Gasteiger partial charge in [-0.25, -0.2) is 4.98 Å². The normalized spacial score (nSPS) is 14.8. The first-order valence-electron chi connectivity index (χ1n) is 5.83. The van der Waals surface area contributed by atoms with Crippen LogP contribution in [0.4, 0.5) is 0 Å². The fourth-order valence-electron chi connectivity index (χ4n) is 2.59. The highest BCUT2D eigenvalue weighted by Gasteiger charge is 2.30. The monoisotopic (exact) mass is 286 g/mol. The quantitative estimate of drug-likeness (QED) is 0.382. The Bertz CT molecular complexity index is 955. The predicted octanol–water partition coefficient (Wildman–Crippen LogP) is 1.88. The van der Waals surface area contributed by atoms with E-state index in [0.717, 1.165) is 5.56 Å². The van der Waals surface area contributed by atoms with Crippen molar-refractivity contribution in [3.63, 3.8) is 0 Å². The second-order valence-corrected chi connectivity index (χ2v) is 4.87. The van der Waals surface area contributed by atoms with Crippen LogP contribution in [0.25, 0.3) is 16.9 Å². The van der Waals surface area contributed by atoms with Crippen molar-refractivity contribution in [3.05, 3.63) is 57.2 Å². The van der Waals surface area contributed by atoms with Crippen molar-refractivity contribution in [2.75, 3.05) is 0 Å². The SMILES string of the molecule is O=c1[nH]c2c(n3ccnc13)C(=NO)c1ccc(Cl)cc1-2. The number of fused-ring (bicyclic) bond motifs is 5. The van der Waals surface area contributed by atoms with Crippen LogP contribution in [0.1, 0.15) is 11.3 Å². The third-order valence-electron chi connectivity index (χ3n) is 3.39. The van der Waals surface area contributed by atoms with E-state index < -0.39 is 0 Å². The van der Waals surface area contributed by atoms with Crippen molar-refractivity contribution >= 4 is 23.0 Å². The van der Waals surface area contributed by atoms with Crippen LogP contribution in [-0.2, 0) is 0 Å². The lowest BCUT2D eigenvalue weighted by atomic mass is 10.1. The molecule has 0 bridgehead atoms. The summed E-state index contributed by atoms with van der Waals surface area (Å²) < 4.78 is 1.61. The lowest BCUT2D eigenvalue weighted by Crippen LogP contribution is -2.15. The molecule has 1 aliphatic carbocycles. The fourth-order valence-corrected chi connectivity index (χ4v) is 2.76. The zero-order valence-electron chi connectivity index (χ0n) is 9.96. The minimum absolute atomic E-state index is 0.254. The van der Waals surface area contributed by atoms with E-state index in [0.29, 0.717) is 27.7 Å². The highest BCUT2D eigenvalue weighted by Crippen LogP contribution is 2.36. The van der Waals surface area contributed by atoms with Crippen molar-refractivity contribution in [2.45, 2.75) is 0 Å². The van der Waals surface area contributed by atoms with E-state index in [1.54, 1.807) is 28.8 Å². The summed E-state index contributed by atoms with van der Waals surface area (Å²) in [7, 11) is 0. The second-order valence-electron chi connectivity index (χ2n) is 4.44. The van der Waals surface area contributed by atoms with E-state index in [-0.39, 0.29) is 11.2 Å². The molecule has 0 radical (unpaired) electrons. The third kappa shape index (κ3) is 1.26. The summed E-state index contributed by atoms with van der Waals surface area (Å²) in [4.78, 5) is 18.8. The van der Waals surface area contributed by atoms with E-state index >= 15 is 0 Å². The second kappa shape index (κ2) is 3.71. The number of aromatic nitrogens is 3. The van der Waals surface area contributed by atoms with E-state index in [9.17, 15) is 10.0 Å². The van der Waals surface area contributed by atoms with Gasteiger partial charge in [-0.3, -0.25) is 9.20 Å². The first kappa shape index (κ1) is 11.2. The Morgan fingerprint density at radius 2 is 2.20 bits per heavy atom. The summed E-state index contributed by atoms with van der Waals surface area (Å²) in [5.41, 5.74) is 2.94. The van der Waals surface area contributed by atoms with Crippen LogP contribution in [0.3, 0.4) is 0 Å². The van der Waals surface area contributed by atoms with Crippen LogP contribution in [0.5, 0.6) is 0 Å². The number of benzene rings is 1. The summed E-state index contributed by atoms with van der Waals surface area (Å²) in [6, 6.07) is 5.20. The number of oxime groups is 1. The standard InChI is InChI=1S/C13H7ClN4O2/c14-6-1-2-7-8(5-6)9-11(10(7)17-20)18-4-3-15-12(18)13(19)16-9/h1-5,20H,(H,16,19). The molecule has 4 rings (SSSR count). The van der Waals surface area contributed by atoms with Gasteiger partial charge in [-0.2, -0.15) is 0 Å². The maximum atomic E-state index is 12.0. The molecule has 2 aromatic heterocycles. The third-order valence-corrected chi connectivity index (χ3v) is 3.63. The van der Waals surface area contributed by atoms with Gasteiger partial charge in [-0.05, 0) is 12.1 Å². The van der Waals surface area contributed by atoms with Gasteiger partial charge in [0.15, 0.2) is 0 Å². The highest BCUT2D eigenvalue weighted by molar-refractivity contribution is 6.32. The number of imidazole rings is 1. The molecule has 1 aromatic carbocycles. The molecule has 0 saturated carbocycles. The molecule has 0 unspecified atom stereocenters. The molecule has 0 saturated heterocycles. The van der Waals surface area contributed by atoms with Gasteiger partial charge in [0.1, 0.15) is 11.4 Å². The molecule has 7 heteroatoms. The van der Waals surface area contributed by atoms with E-state index in [1.807, 2.05) is 0 Å². The van der Waals surface area contributed by atoms with Gasteiger partial charge in [0.25, 0.3) is 5.56 Å². The average molecular weight is 287 g/mol. The molecule has 0 spiro atoms. The Labute approximate surface area is 117 Å². The van der Waals surface area contributed by atoms with Crippen LogP contribution < -0.4 is 5.56 Å². The zero-order valence-corrected chi connectivity index (χ0v) is 10.7. The van der Waals surface area contributed by atoms with Crippen LogP contribution >= 0.6 is 11.6 Å². The molecule has 3 aromatic rings. The molecular weight excluding hydrogens is 280 g/mol. The molecule has 0 aliphatic heterocycles. The molecule has 6 nitrogen and oxygen atoms in total. The molecular formula is C13H7ClN4O2. The van der Waals surface area contributed by atoms with Gasteiger partial charge in [0.2, 0.25) is 5.65 Å². The number of hydrogen-bond acceptors (Lipinski definition) is 4. The van der Waals surface area contributed by atoms with Crippen LogP contribution in [0.15, 0.2) is 40.5 Å². The Balaban J connectivity index is 2.24. The Hall–Kier alpha value is -2.60. The fraction of sp³-hybridized carbons (Fsp3) is 0. The van der Waals surface area contributed by atoms with Gasteiger partial charge >= 0.3 is 0 Å². The maximum Gasteiger partial charge on any atom is 0.292 e. The largest absolute Gasteiger partial charge is 0.410 e. The molecule has 0 atom stereocenters. The minimum atomic E-state index is -0.307. The van der Waals surface area contributed by atoms with Crippen LogP contribution in [0.2, 0.25) is 5.02 Å². The highest BCUT2D eigenvalue weighted by atomic mass is 35.5. The lowest BCUT2D eigenvalue weighted by molar-refractivity contribution is 0.319.